The molecule has 9 atom stereocenters. The number of rotatable bonds is 42. The number of carbonyl (C=O) groups is 12. The molecule has 2 aromatic carbocycles. The molecule has 5 aromatic rings. The number of phenolic OH excluding ortho intramolecular Hbond substituents is 1. The van der Waals surface area contributed by atoms with Crippen LogP contribution in [0.2, 0.25) is 0 Å². The average Bonchev–Trinajstić information content (AvgIpc) is 1.81. The van der Waals surface area contributed by atoms with E-state index in [0.29, 0.717) is 76.5 Å². The van der Waals surface area contributed by atoms with Crippen molar-refractivity contribution in [2.75, 3.05) is 24.6 Å². The first kappa shape index (κ1) is 80.1. The molecule has 0 bridgehead atoms. The van der Waals surface area contributed by atoms with Crippen molar-refractivity contribution in [2.45, 2.75) is 179 Å². The summed E-state index contributed by atoms with van der Waals surface area (Å²) in [5, 5.41) is 48.0. The number of aliphatic hydroxyl groups is 1. The molecule has 0 aliphatic heterocycles. The third-order valence-corrected chi connectivity index (χ3v) is 17.6. The van der Waals surface area contributed by atoms with Crippen molar-refractivity contribution < 1.29 is 67.7 Å². The van der Waals surface area contributed by atoms with Gasteiger partial charge in [0.1, 0.15) is 59.7 Å². The van der Waals surface area contributed by atoms with E-state index in [1.54, 1.807) is 59.1 Å². The van der Waals surface area contributed by atoms with E-state index in [4.69, 9.17) is 11.5 Å². The van der Waals surface area contributed by atoms with E-state index in [9.17, 15) is 67.7 Å². The molecule has 99 heavy (non-hydrogen) atoms. The molecule has 5 rings (SSSR count). The van der Waals surface area contributed by atoms with Gasteiger partial charge in [-0.15, -0.1) is 0 Å². The number of aliphatic hydroxyl groups excluding tert-OH is 1. The van der Waals surface area contributed by atoms with Gasteiger partial charge in [0.15, 0.2) is 0 Å². The quantitative estimate of drug-likeness (QED) is 0.0236. The van der Waals surface area contributed by atoms with Crippen molar-refractivity contribution in [2.24, 2.45) is 16.9 Å². The van der Waals surface area contributed by atoms with Gasteiger partial charge in [-0.05, 0) is 78.1 Å². The van der Waals surface area contributed by atoms with Crippen LogP contribution in [0.25, 0.3) is 11.0 Å². The van der Waals surface area contributed by atoms with Crippen molar-refractivity contribution in [3.05, 3.63) is 114 Å². The van der Waals surface area contributed by atoms with Crippen molar-refractivity contribution in [3.63, 3.8) is 0 Å². The maximum Gasteiger partial charge on any atom is 0.245 e. The highest BCUT2D eigenvalue weighted by molar-refractivity contribution is 7.98. The minimum Gasteiger partial charge on any atom is -0.508 e. The topological polar surface area (TPSA) is 475 Å². The Kier molecular flexibility index (Phi) is 32.7. The number of phenols is 1. The van der Waals surface area contributed by atoms with Crippen LogP contribution >= 0.6 is 23.5 Å². The number of carbonyl (C=O) groups excluding carboxylic acids is 12. The second-order valence-electron chi connectivity index (χ2n) is 24.9. The molecule has 30 nitrogen and oxygen atoms in total. The summed E-state index contributed by atoms with van der Waals surface area (Å²) in [6.45, 7) is 10.7. The van der Waals surface area contributed by atoms with Gasteiger partial charge in [0, 0.05) is 84.8 Å². The van der Waals surface area contributed by atoms with E-state index in [1.165, 1.54) is 67.2 Å². The number of fused-ring (bicyclic) bond motifs is 1. The van der Waals surface area contributed by atoms with Gasteiger partial charge in [0.2, 0.25) is 70.9 Å². The fourth-order valence-electron chi connectivity index (χ4n) is 10.2. The summed E-state index contributed by atoms with van der Waals surface area (Å²) in [6, 6.07) is 6.53. The Morgan fingerprint density at radius 3 is 1.78 bits per heavy atom. The van der Waals surface area contributed by atoms with Gasteiger partial charge in [0.25, 0.3) is 0 Å². The standard InChI is InChI=1S/C67H94N16O14S2/c1-8-13-46(58(68)90)76-55(89)33-72-54(88)32-74-61(92)47(14-9-2)78-63(94)49(28-42-30-73-60-45(42)18-12-24-71-60)80-65(96)56(38(4)84)83-64(95)50(29-43-31-70-37-75-43)79-62(93)48(27-39-19-21-44(85)22-20-39)81-66(97)57(67(5,6)7)82-53(87)23-25-98-34-40-16-11-17-41(26-40)35-99-36-51(59(69)91)77-52(86)15-10-3/h11-12,16-22,24,26,30-31,37-38,46-51,56-57,84-85H,8-10,13-15,23,25,27-29,32-36H2,1-7H3,(H2,68,90)(H2,69,91)(H,70,75)(H,71,73)(H,72,88)(H,74,92)(H,76,89)(H,77,86)(H,78,94)(H,79,93)(H,80,96)(H,81,97)(H,82,87)(H,83,95)/t38-,46+,47+,48+,49+,50+,51+,56+,57?/m1/s1. The second kappa shape index (κ2) is 40.4. The smallest absolute Gasteiger partial charge is 0.245 e. The monoisotopic (exact) mass is 1410 g/mol. The second-order valence-corrected chi connectivity index (χ2v) is 27.0. The Labute approximate surface area is 583 Å². The number of hydrogen-bond acceptors (Lipinski definition) is 18. The Morgan fingerprint density at radius 1 is 0.566 bits per heavy atom. The fourth-order valence-corrected chi connectivity index (χ4v) is 12.1. The number of nitrogens with one attached hydrogen (secondary N) is 12. The number of aromatic hydroxyl groups is 1. The lowest BCUT2D eigenvalue weighted by Crippen LogP contribution is -2.62. The number of H-pyrrole nitrogens is 2. The number of amides is 12. The highest BCUT2D eigenvalue weighted by Gasteiger charge is 2.38. The number of primary amides is 2. The summed E-state index contributed by atoms with van der Waals surface area (Å²) in [4.78, 5) is 176. The number of thioether (sulfide) groups is 2. The van der Waals surface area contributed by atoms with Crippen LogP contribution in [0.5, 0.6) is 5.75 Å². The Bertz CT molecular complexity index is 3550. The molecule has 0 radical (unpaired) electrons. The molecule has 1 unspecified atom stereocenters. The Hall–Kier alpha value is -9.56. The largest absolute Gasteiger partial charge is 0.508 e. The van der Waals surface area contributed by atoms with Crippen LogP contribution < -0.4 is 64.6 Å². The molecule has 3 aromatic heterocycles. The molecule has 0 aliphatic carbocycles. The van der Waals surface area contributed by atoms with E-state index in [-0.39, 0.29) is 50.2 Å². The van der Waals surface area contributed by atoms with Gasteiger partial charge < -0.3 is 84.8 Å². The molecule has 3 heterocycles. The molecule has 32 heteroatoms. The van der Waals surface area contributed by atoms with Crippen LogP contribution in [0.1, 0.15) is 121 Å². The van der Waals surface area contributed by atoms with Gasteiger partial charge in [-0.2, -0.15) is 23.5 Å². The third kappa shape index (κ3) is 27.3. The molecule has 0 spiro atoms. The van der Waals surface area contributed by atoms with E-state index < -0.39 is 138 Å². The zero-order valence-corrected chi connectivity index (χ0v) is 58.4. The number of imidazole rings is 1. The fraction of sp³-hybridized carbons (Fsp3) is 0.493. The van der Waals surface area contributed by atoms with Gasteiger partial charge in [-0.1, -0.05) is 90.8 Å². The van der Waals surface area contributed by atoms with Crippen molar-refractivity contribution in [1.29, 1.82) is 0 Å². The van der Waals surface area contributed by atoms with E-state index in [2.05, 4.69) is 73.1 Å². The van der Waals surface area contributed by atoms with Gasteiger partial charge in [-0.3, -0.25) is 57.5 Å². The first-order valence-corrected chi connectivity index (χ1v) is 35.0. The molecule has 0 fully saturated rings. The Morgan fingerprint density at radius 2 is 1.15 bits per heavy atom. The minimum atomic E-state index is -1.81. The molecule has 0 saturated heterocycles. The predicted octanol–water partition coefficient (Wildman–Crippen LogP) is 0.485. The van der Waals surface area contributed by atoms with Crippen molar-refractivity contribution in [3.8, 4) is 5.75 Å². The summed E-state index contributed by atoms with van der Waals surface area (Å²) in [7, 11) is 0. The number of nitrogens with two attached hydrogens (primary N) is 2. The average molecular weight is 1410 g/mol. The van der Waals surface area contributed by atoms with Gasteiger partial charge in [0.05, 0.1) is 25.5 Å². The SMILES string of the molecule is CCCC(=O)N[C@@H](CSCc1cccc(CSCCC(=O)NC(C(=O)N[C@@H](Cc2ccc(O)cc2)C(=O)N[C@@H](Cc2cnc[nH]2)C(=O)N[C@H](C(=O)N[C@@H](Cc2c[nH]c3ncccc23)C(=O)N[C@@H](CCC)C(=O)NCC(=O)NCC(=O)N[C@@H](CCC)C(N)=O)[C@@H](C)O)C(C)(C)C)c1)C(N)=O. The van der Waals surface area contributed by atoms with Crippen molar-refractivity contribution in [1.82, 2.24) is 73.1 Å². The normalized spacial score (nSPS) is 14.0. The molecule has 0 aliphatic rings. The van der Waals surface area contributed by atoms with Crippen molar-refractivity contribution >= 4 is 105 Å². The maximum atomic E-state index is 14.8. The highest BCUT2D eigenvalue weighted by atomic mass is 32.2. The van der Waals surface area contributed by atoms with Crippen LogP contribution in [0.3, 0.4) is 0 Å². The highest BCUT2D eigenvalue weighted by Crippen LogP contribution is 2.23. The summed E-state index contributed by atoms with van der Waals surface area (Å²) in [5.74, 6) is -7.13. The number of hydrogen-bond donors (Lipinski definition) is 16. The van der Waals surface area contributed by atoms with Crippen LogP contribution in [0, 0.1) is 5.41 Å². The number of pyridine rings is 1. The number of aromatic nitrogens is 4. The first-order chi connectivity index (χ1) is 47.1. The number of nitrogens with zero attached hydrogens (tertiary/aromatic N) is 2. The van der Waals surface area contributed by atoms with E-state index in [0.717, 1.165) is 11.1 Å². The van der Waals surface area contributed by atoms with E-state index >= 15 is 0 Å². The lowest BCUT2D eigenvalue weighted by Gasteiger charge is -2.32. The minimum absolute atomic E-state index is 0.0248. The summed E-state index contributed by atoms with van der Waals surface area (Å²) < 4.78 is 0. The molecule has 0 saturated carbocycles. The maximum absolute atomic E-state index is 14.8. The lowest BCUT2D eigenvalue weighted by atomic mass is 9.85. The summed E-state index contributed by atoms with van der Waals surface area (Å²) in [6.07, 6.45) is 5.71. The zero-order chi connectivity index (χ0) is 72.8. The zero-order valence-electron chi connectivity index (χ0n) is 56.8. The van der Waals surface area contributed by atoms with Crippen LogP contribution in [-0.2, 0) is 88.3 Å². The molecule has 12 amide bonds. The summed E-state index contributed by atoms with van der Waals surface area (Å²) >= 11 is 2.96. The number of benzene rings is 2. The molecular formula is C67H94N16O14S2. The van der Waals surface area contributed by atoms with E-state index in [1.807, 2.05) is 31.2 Å². The molecular weight excluding hydrogens is 1320 g/mol. The molecule has 18 N–H and O–H groups in total. The first-order valence-electron chi connectivity index (χ1n) is 32.7. The van der Waals surface area contributed by atoms with Crippen LogP contribution in [-0.4, -0.2) is 180 Å². The third-order valence-electron chi connectivity index (χ3n) is 15.5. The lowest BCUT2D eigenvalue weighted by molar-refractivity contribution is -0.137. The number of aromatic amines is 2. The van der Waals surface area contributed by atoms with Gasteiger partial charge in [-0.25, -0.2) is 9.97 Å². The summed E-state index contributed by atoms with van der Waals surface area (Å²) in [5.41, 5.74) is 13.7. The van der Waals surface area contributed by atoms with Gasteiger partial charge >= 0.3 is 0 Å². The molecule has 538 valence electrons. The Balaban J connectivity index is 1.29. The predicted molar refractivity (Wildman–Crippen MR) is 373 cm³/mol. The van der Waals surface area contributed by atoms with Crippen LogP contribution in [0.15, 0.2) is 85.6 Å². The van der Waals surface area contributed by atoms with Crippen LogP contribution in [0.4, 0.5) is 0 Å².